The van der Waals surface area contributed by atoms with Gasteiger partial charge >= 0.3 is 0 Å². The molecule has 0 aliphatic rings. The number of carbonyl (C=O) groups is 1. The van der Waals surface area contributed by atoms with Crippen molar-refractivity contribution in [3.05, 3.63) is 65.2 Å². The maximum absolute atomic E-state index is 12.0. The molecule has 1 amide bonds. The first-order valence-corrected chi connectivity index (χ1v) is 8.09. The molecule has 0 saturated carbocycles. The monoisotopic (exact) mass is 324 g/mol. The number of hydrogen-bond acceptors (Lipinski definition) is 3. The summed E-state index contributed by atoms with van der Waals surface area (Å²) in [6.45, 7) is 8.00. The van der Waals surface area contributed by atoms with Crippen LogP contribution in [0.15, 0.2) is 53.6 Å². The molecular weight excluding hydrogens is 300 g/mol. The standard InChI is InChI=1S/C20H24N2O2/c1-14(2)18-11-10-15(3)12-19(18)24-13-20(23)22-21-16(4)17-8-6-5-7-9-17/h5-12,14H,13H2,1-4H3,(H,22,23)/b21-16-. The van der Waals surface area contributed by atoms with Crippen LogP contribution in [-0.4, -0.2) is 18.2 Å². The quantitative estimate of drug-likeness (QED) is 0.644. The van der Waals surface area contributed by atoms with Crippen molar-refractivity contribution in [1.82, 2.24) is 5.43 Å². The highest BCUT2D eigenvalue weighted by atomic mass is 16.5. The van der Waals surface area contributed by atoms with Crippen LogP contribution in [0.3, 0.4) is 0 Å². The van der Waals surface area contributed by atoms with Gasteiger partial charge in [0.2, 0.25) is 0 Å². The zero-order valence-electron chi connectivity index (χ0n) is 14.7. The number of aryl methyl sites for hydroxylation is 1. The molecule has 126 valence electrons. The minimum absolute atomic E-state index is 0.0608. The summed E-state index contributed by atoms with van der Waals surface area (Å²) in [5.41, 5.74) is 6.46. The average Bonchev–Trinajstić information content (AvgIpc) is 2.58. The third kappa shape index (κ3) is 4.95. The largest absolute Gasteiger partial charge is 0.483 e. The number of hydrogen-bond donors (Lipinski definition) is 1. The van der Waals surface area contributed by atoms with E-state index in [1.807, 2.05) is 56.3 Å². The minimum atomic E-state index is -0.276. The van der Waals surface area contributed by atoms with E-state index in [9.17, 15) is 4.79 Å². The smallest absolute Gasteiger partial charge is 0.277 e. The molecule has 0 aromatic heterocycles. The van der Waals surface area contributed by atoms with Crippen molar-refractivity contribution in [2.45, 2.75) is 33.6 Å². The molecule has 0 fully saturated rings. The lowest BCUT2D eigenvalue weighted by Crippen LogP contribution is -2.26. The molecule has 4 nitrogen and oxygen atoms in total. The molecule has 2 rings (SSSR count). The van der Waals surface area contributed by atoms with Gasteiger partial charge in [0.05, 0.1) is 5.71 Å². The van der Waals surface area contributed by atoms with Gasteiger partial charge in [-0.05, 0) is 42.5 Å². The second-order valence-electron chi connectivity index (χ2n) is 6.08. The van der Waals surface area contributed by atoms with Gasteiger partial charge in [0.15, 0.2) is 6.61 Å². The highest BCUT2D eigenvalue weighted by Gasteiger charge is 2.10. The van der Waals surface area contributed by atoms with Crippen LogP contribution in [0.5, 0.6) is 5.75 Å². The number of rotatable bonds is 6. The molecule has 24 heavy (non-hydrogen) atoms. The Hall–Kier alpha value is -2.62. The molecule has 0 aliphatic carbocycles. The van der Waals surface area contributed by atoms with Crippen LogP contribution < -0.4 is 10.2 Å². The zero-order chi connectivity index (χ0) is 17.5. The van der Waals surface area contributed by atoms with Crippen LogP contribution in [0.25, 0.3) is 0 Å². The van der Waals surface area contributed by atoms with Crippen LogP contribution in [0, 0.1) is 6.92 Å². The second-order valence-corrected chi connectivity index (χ2v) is 6.08. The van der Waals surface area contributed by atoms with Crippen LogP contribution in [-0.2, 0) is 4.79 Å². The molecule has 0 heterocycles. The van der Waals surface area contributed by atoms with E-state index in [4.69, 9.17) is 4.74 Å². The van der Waals surface area contributed by atoms with Crippen molar-refractivity contribution in [2.75, 3.05) is 6.61 Å². The van der Waals surface area contributed by atoms with E-state index < -0.39 is 0 Å². The second kappa shape index (κ2) is 8.29. The van der Waals surface area contributed by atoms with E-state index in [0.717, 1.165) is 28.2 Å². The lowest BCUT2D eigenvalue weighted by atomic mass is 10.0. The third-order valence-electron chi connectivity index (χ3n) is 3.69. The van der Waals surface area contributed by atoms with Crippen LogP contribution >= 0.6 is 0 Å². The molecule has 2 aromatic rings. The number of nitrogens with one attached hydrogen (secondary N) is 1. The molecule has 2 aromatic carbocycles. The van der Waals surface area contributed by atoms with Crippen LogP contribution in [0.2, 0.25) is 0 Å². The Morgan fingerprint density at radius 2 is 1.88 bits per heavy atom. The van der Waals surface area contributed by atoms with Gasteiger partial charge in [-0.1, -0.05) is 56.3 Å². The van der Waals surface area contributed by atoms with E-state index in [1.165, 1.54) is 0 Å². The van der Waals surface area contributed by atoms with Crippen molar-refractivity contribution in [1.29, 1.82) is 0 Å². The van der Waals surface area contributed by atoms with Gasteiger partial charge in [0.25, 0.3) is 5.91 Å². The average molecular weight is 324 g/mol. The van der Waals surface area contributed by atoms with E-state index in [2.05, 4.69) is 30.4 Å². The van der Waals surface area contributed by atoms with Gasteiger partial charge in [0.1, 0.15) is 5.75 Å². The summed E-state index contributed by atoms with van der Waals surface area (Å²) in [6.07, 6.45) is 0. The van der Waals surface area contributed by atoms with Gasteiger partial charge in [-0.25, -0.2) is 5.43 Å². The Morgan fingerprint density at radius 1 is 1.17 bits per heavy atom. The molecule has 0 aliphatic heterocycles. The van der Waals surface area contributed by atoms with Crippen molar-refractivity contribution in [2.24, 2.45) is 5.10 Å². The molecule has 1 N–H and O–H groups in total. The lowest BCUT2D eigenvalue weighted by molar-refractivity contribution is -0.123. The summed E-state index contributed by atoms with van der Waals surface area (Å²) in [7, 11) is 0. The fraction of sp³-hybridized carbons (Fsp3) is 0.300. The van der Waals surface area contributed by atoms with Gasteiger partial charge in [0, 0.05) is 0 Å². The van der Waals surface area contributed by atoms with E-state index in [1.54, 1.807) is 0 Å². The number of amides is 1. The van der Waals surface area contributed by atoms with Gasteiger partial charge in [-0.3, -0.25) is 4.79 Å². The fourth-order valence-electron chi connectivity index (χ4n) is 2.31. The Balaban J connectivity index is 1.95. The van der Waals surface area contributed by atoms with Crippen LogP contribution in [0.1, 0.15) is 43.4 Å². The minimum Gasteiger partial charge on any atom is -0.483 e. The Morgan fingerprint density at radius 3 is 2.54 bits per heavy atom. The first kappa shape index (κ1) is 17.7. The highest BCUT2D eigenvalue weighted by Crippen LogP contribution is 2.27. The SMILES string of the molecule is C/C(=N/NC(=O)COc1cc(C)ccc1C(C)C)c1ccccc1. The van der Waals surface area contributed by atoms with Crippen molar-refractivity contribution in [3.8, 4) is 5.75 Å². The predicted octanol–water partition coefficient (Wildman–Crippen LogP) is 4.04. The van der Waals surface area contributed by atoms with Crippen molar-refractivity contribution >= 4 is 11.6 Å². The predicted molar refractivity (Wildman–Crippen MR) is 97.6 cm³/mol. The molecule has 4 heteroatoms. The number of benzene rings is 2. The number of hydrazone groups is 1. The topological polar surface area (TPSA) is 50.7 Å². The summed E-state index contributed by atoms with van der Waals surface area (Å²) >= 11 is 0. The number of nitrogens with zero attached hydrogens (tertiary/aromatic N) is 1. The Kier molecular flexibility index (Phi) is 6.13. The van der Waals surface area contributed by atoms with Crippen molar-refractivity contribution < 1.29 is 9.53 Å². The molecule has 0 atom stereocenters. The molecule has 0 bridgehead atoms. The summed E-state index contributed by atoms with van der Waals surface area (Å²) in [5, 5.41) is 4.12. The maximum Gasteiger partial charge on any atom is 0.277 e. The fourth-order valence-corrected chi connectivity index (χ4v) is 2.31. The van der Waals surface area contributed by atoms with E-state index in [0.29, 0.717) is 5.92 Å². The maximum atomic E-state index is 12.0. The summed E-state index contributed by atoms with van der Waals surface area (Å²) < 4.78 is 5.70. The van der Waals surface area contributed by atoms with Crippen LogP contribution in [0.4, 0.5) is 0 Å². The van der Waals surface area contributed by atoms with E-state index >= 15 is 0 Å². The lowest BCUT2D eigenvalue weighted by Gasteiger charge is -2.14. The van der Waals surface area contributed by atoms with Gasteiger partial charge < -0.3 is 4.74 Å². The first-order chi connectivity index (χ1) is 11.5. The molecule has 0 spiro atoms. The number of ether oxygens (including phenoxy) is 1. The Labute approximate surface area is 143 Å². The molecule has 0 radical (unpaired) electrons. The van der Waals surface area contributed by atoms with Gasteiger partial charge in [-0.15, -0.1) is 0 Å². The number of carbonyl (C=O) groups excluding carboxylic acids is 1. The molecule has 0 saturated heterocycles. The summed E-state index contributed by atoms with van der Waals surface area (Å²) in [5.74, 6) is 0.812. The normalized spacial score (nSPS) is 11.5. The Bertz CT molecular complexity index is 722. The van der Waals surface area contributed by atoms with E-state index in [-0.39, 0.29) is 12.5 Å². The van der Waals surface area contributed by atoms with Crippen molar-refractivity contribution in [3.63, 3.8) is 0 Å². The first-order valence-electron chi connectivity index (χ1n) is 8.09. The van der Waals surface area contributed by atoms with Gasteiger partial charge in [-0.2, -0.15) is 5.10 Å². The molecular formula is C20H24N2O2. The third-order valence-corrected chi connectivity index (χ3v) is 3.69. The zero-order valence-corrected chi connectivity index (χ0v) is 14.7. The highest BCUT2D eigenvalue weighted by molar-refractivity contribution is 5.99. The summed E-state index contributed by atoms with van der Waals surface area (Å²) in [6, 6.07) is 15.8. The summed E-state index contributed by atoms with van der Waals surface area (Å²) in [4.78, 5) is 12.0. The molecule has 0 unspecified atom stereocenters.